The van der Waals surface area contributed by atoms with Gasteiger partial charge in [0.25, 0.3) is 0 Å². The molecule has 1 unspecified atom stereocenters. The summed E-state index contributed by atoms with van der Waals surface area (Å²) in [5, 5.41) is 6.05. The zero-order valence-corrected chi connectivity index (χ0v) is 12.6. The lowest BCUT2D eigenvalue weighted by Gasteiger charge is -2.18. The van der Waals surface area contributed by atoms with Crippen molar-refractivity contribution < 1.29 is 14.3 Å². The van der Waals surface area contributed by atoms with Crippen molar-refractivity contribution in [2.45, 2.75) is 25.9 Å². The third-order valence-electron chi connectivity index (χ3n) is 3.00. The minimum atomic E-state index is -0.0451. The first-order valence-corrected chi connectivity index (χ1v) is 6.73. The Labute approximate surface area is 120 Å². The van der Waals surface area contributed by atoms with Crippen molar-refractivity contribution >= 4 is 5.91 Å². The van der Waals surface area contributed by atoms with Crippen LogP contribution < -0.4 is 15.4 Å². The first-order valence-electron chi connectivity index (χ1n) is 6.73. The molecule has 0 aromatic heterocycles. The van der Waals surface area contributed by atoms with Crippen LogP contribution in [0.2, 0.25) is 0 Å². The highest BCUT2D eigenvalue weighted by molar-refractivity contribution is 5.78. The van der Waals surface area contributed by atoms with Gasteiger partial charge in [0.15, 0.2) is 0 Å². The third-order valence-corrected chi connectivity index (χ3v) is 3.00. The second kappa shape index (κ2) is 8.55. The van der Waals surface area contributed by atoms with E-state index < -0.39 is 0 Å². The highest BCUT2D eigenvalue weighted by Gasteiger charge is 2.12. The lowest BCUT2D eigenvalue weighted by molar-refractivity contribution is -0.121. The molecule has 0 aliphatic carbocycles. The molecular formula is C15H24N2O3. The Morgan fingerprint density at radius 1 is 1.25 bits per heavy atom. The van der Waals surface area contributed by atoms with E-state index >= 15 is 0 Å². The van der Waals surface area contributed by atoms with Gasteiger partial charge in [-0.15, -0.1) is 0 Å². The Morgan fingerprint density at radius 2 is 1.95 bits per heavy atom. The molecule has 0 heterocycles. The summed E-state index contributed by atoms with van der Waals surface area (Å²) in [7, 11) is 3.26. The van der Waals surface area contributed by atoms with E-state index in [-0.39, 0.29) is 24.5 Å². The van der Waals surface area contributed by atoms with Crippen molar-refractivity contribution in [1.29, 1.82) is 0 Å². The Bertz CT molecular complexity index is 423. The Hall–Kier alpha value is -1.59. The van der Waals surface area contributed by atoms with E-state index in [2.05, 4.69) is 10.6 Å². The van der Waals surface area contributed by atoms with Gasteiger partial charge in [0.05, 0.1) is 20.3 Å². The first kappa shape index (κ1) is 16.5. The van der Waals surface area contributed by atoms with E-state index in [0.717, 1.165) is 11.3 Å². The molecule has 0 spiro atoms. The van der Waals surface area contributed by atoms with E-state index in [0.29, 0.717) is 6.61 Å². The molecule has 0 saturated carbocycles. The standard InChI is InChI=1S/C15H24N2O3/c1-11(10-19-3)17-15(18)9-16-12(2)13-7-5-6-8-14(13)20-4/h5-8,11-12,16H,9-10H2,1-4H3,(H,17,18)/t11?,12-/m1/s1. The highest BCUT2D eigenvalue weighted by atomic mass is 16.5. The van der Waals surface area contributed by atoms with E-state index in [1.165, 1.54) is 0 Å². The normalized spacial score (nSPS) is 13.6. The summed E-state index contributed by atoms with van der Waals surface area (Å²) >= 11 is 0. The Kier molecular flexibility index (Phi) is 7.04. The SMILES string of the molecule is COCC(C)NC(=O)CN[C@H](C)c1ccccc1OC. The van der Waals surface area contributed by atoms with Crippen LogP contribution in [0.15, 0.2) is 24.3 Å². The molecule has 0 fully saturated rings. The van der Waals surface area contributed by atoms with Gasteiger partial charge in [-0.2, -0.15) is 0 Å². The van der Waals surface area contributed by atoms with E-state index in [4.69, 9.17) is 9.47 Å². The molecule has 0 radical (unpaired) electrons. The van der Waals surface area contributed by atoms with Crippen LogP contribution in [0.1, 0.15) is 25.5 Å². The van der Waals surface area contributed by atoms with Crippen LogP contribution in [-0.2, 0) is 9.53 Å². The quantitative estimate of drug-likeness (QED) is 0.757. The van der Waals surface area contributed by atoms with Gasteiger partial charge in [-0.05, 0) is 19.9 Å². The number of hydrogen-bond donors (Lipinski definition) is 2. The molecular weight excluding hydrogens is 256 g/mol. The first-order chi connectivity index (χ1) is 9.58. The van der Waals surface area contributed by atoms with Gasteiger partial charge in [-0.25, -0.2) is 0 Å². The summed E-state index contributed by atoms with van der Waals surface area (Å²) in [5.41, 5.74) is 1.03. The fourth-order valence-electron chi connectivity index (χ4n) is 2.00. The molecule has 0 aliphatic heterocycles. The van der Waals surface area contributed by atoms with Gasteiger partial charge >= 0.3 is 0 Å². The maximum atomic E-state index is 11.8. The van der Waals surface area contributed by atoms with Crippen molar-refractivity contribution in [3.63, 3.8) is 0 Å². The van der Waals surface area contributed by atoms with Crippen LogP contribution in [0.25, 0.3) is 0 Å². The monoisotopic (exact) mass is 280 g/mol. The Balaban J connectivity index is 2.46. The number of hydrogen-bond acceptors (Lipinski definition) is 4. The topological polar surface area (TPSA) is 59.6 Å². The zero-order chi connectivity index (χ0) is 15.0. The molecule has 2 atom stereocenters. The summed E-state index contributed by atoms with van der Waals surface area (Å²) < 4.78 is 10.3. The molecule has 1 rings (SSSR count). The number of methoxy groups -OCH3 is 2. The molecule has 2 N–H and O–H groups in total. The van der Waals surface area contributed by atoms with Crippen molar-refractivity contribution in [1.82, 2.24) is 10.6 Å². The van der Waals surface area contributed by atoms with Crippen LogP contribution in [0.3, 0.4) is 0 Å². The number of benzene rings is 1. The average molecular weight is 280 g/mol. The summed E-state index contributed by atoms with van der Waals surface area (Å²) in [4.78, 5) is 11.8. The van der Waals surface area contributed by atoms with Crippen molar-refractivity contribution in [3.8, 4) is 5.75 Å². The van der Waals surface area contributed by atoms with Gasteiger partial charge in [0.1, 0.15) is 5.75 Å². The largest absolute Gasteiger partial charge is 0.496 e. The molecule has 5 nitrogen and oxygen atoms in total. The number of para-hydroxylation sites is 1. The number of rotatable bonds is 8. The molecule has 20 heavy (non-hydrogen) atoms. The molecule has 5 heteroatoms. The van der Waals surface area contributed by atoms with Gasteiger partial charge in [0.2, 0.25) is 5.91 Å². The summed E-state index contributed by atoms with van der Waals surface area (Å²) in [6.07, 6.45) is 0. The van der Waals surface area contributed by atoms with Crippen molar-refractivity contribution in [3.05, 3.63) is 29.8 Å². The molecule has 1 aromatic rings. The maximum absolute atomic E-state index is 11.8. The Morgan fingerprint density at radius 3 is 2.60 bits per heavy atom. The predicted octanol–water partition coefficient (Wildman–Crippen LogP) is 1.50. The maximum Gasteiger partial charge on any atom is 0.234 e. The number of amides is 1. The molecule has 1 aromatic carbocycles. The number of ether oxygens (including phenoxy) is 2. The van der Waals surface area contributed by atoms with Crippen LogP contribution in [-0.4, -0.2) is 39.3 Å². The summed E-state index contributed by atoms with van der Waals surface area (Å²) in [5.74, 6) is 0.775. The van der Waals surface area contributed by atoms with Crippen LogP contribution >= 0.6 is 0 Å². The van der Waals surface area contributed by atoms with Gasteiger partial charge in [-0.3, -0.25) is 4.79 Å². The fraction of sp³-hybridized carbons (Fsp3) is 0.533. The highest BCUT2D eigenvalue weighted by Crippen LogP contribution is 2.23. The lowest BCUT2D eigenvalue weighted by atomic mass is 10.1. The third kappa shape index (κ3) is 5.19. The van der Waals surface area contributed by atoms with E-state index in [1.54, 1.807) is 14.2 Å². The van der Waals surface area contributed by atoms with Crippen LogP contribution in [0.4, 0.5) is 0 Å². The van der Waals surface area contributed by atoms with Gasteiger partial charge in [-0.1, -0.05) is 18.2 Å². The van der Waals surface area contributed by atoms with E-state index in [1.807, 2.05) is 38.1 Å². The summed E-state index contributed by atoms with van der Waals surface area (Å²) in [6, 6.07) is 7.83. The summed E-state index contributed by atoms with van der Waals surface area (Å²) in [6.45, 7) is 4.68. The van der Waals surface area contributed by atoms with Crippen LogP contribution in [0.5, 0.6) is 5.75 Å². The second-order valence-electron chi connectivity index (χ2n) is 4.77. The van der Waals surface area contributed by atoms with Gasteiger partial charge < -0.3 is 20.1 Å². The number of carbonyl (C=O) groups is 1. The predicted molar refractivity (Wildman–Crippen MR) is 78.9 cm³/mol. The second-order valence-corrected chi connectivity index (χ2v) is 4.77. The van der Waals surface area contributed by atoms with E-state index in [9.17, 15) is 4.79 Å². The van der Waals surface area contributed by atoms with Crippen LogP contribution in [0, 0.1) is 0 Å². The number of carbonyl (C=O) groups excluding carboxylic acids is 1. The zero-order valence-electron chi connectivity index (χ0n) is 12.6. The lowest BCUT2D eigenvalue weighted by Crippen LogP contribution is -2.41. The minimum Gasteiger partial charge on any atom is -0.496 e. The number of nitrogens with one attached hydrogen (secondary N) is 2. The molecule has 0 aliphatic rings. The fourth-order valence-corrected chi connectivity index (χ4v) is 2.00. The molecule has 112 valence electrons. The molecule has 0 bridgehead atoms. The van der Waals surface area contributed by atoms with Crippen molar-refractivity contribution in [2.75, 3.05) is 27.4 Å². The molecule has 0 saturated heterocycles. The minimum absolute atomic E-state index is 0.0101. The average Bonchev–Trinajstić information content (AvgIpc) is 2.44. The molecule has 1 amide bonds. The smallest absolute Gasteiger partial charge is 0.234 e. The van der Waals surface area contributed by atoms with Crippen molar-refractivity contribution in [2.24, 2.45) is 0 Å². The van der Waals surface area contributed by atoms with Gasteiger partial charge in [0, 0.05) is 24.8 Å².